The Bertz CT molecular complexity index is 1330. The molecule has 2 aliphatic heterocycles. The van der Waals surface area contributed by atoms with E-state index in [-0.39, 0.29) is 34.4 Å². The second-order valence-electron chi connectivity index (χ2n) is 11.0. The van der Waals surface area contributed by atoms with Crippen LogP contribution in [0.2, 0.25) is 0 Å². The number of amides is 1. The summed E-state index contributed by atoms with van der Waals surface area (Å²) in [6, 6.07) is 6.53. The number of hydrogen-bond donors (Lipinski definition) is 1. The molecule has 186 valence electrons. The molecule has 8 nitrogen and oxygen atoms in total. The molecule has 8 heteroatoms. The third kappa shape index (κ3) is 3.34. The second kappa shape index (κ2) is 7.91. The van der Waals surface area contributed by atoms with Crippen LogP contribution in [0.5, 0.6) is 0 Å². The number of furan rings is 1. The first-order chi connectivity index (χ1) is 17.2. The van der Waals surface area contributed by atoms with E-state index >= 15 is 0 Å². The highest BCUT2D eigenvalue weighted by Gasteiger charge is 2.63. The van der Waals surface area contributed by atoms with E-state index < -0.39 is 29.3 Å². The Morgan fingerprint density at radius 3 is 2.78 bits per heavy atom. The molecule has 2 aromatic rings. The van der Waals surface area contributed by atoms with Crippen LogP contribution in [0.25, 0.3) is 0 Å². The molecule has 1 aromatic carbocycles. The number of fused-ring (bicyclic) bond motifs is 4. The number of ketones is 1. The molecule has 1 saturated heterocycles. The SMILES string of the molecule is C[C@]12CC=C(OC(=O)c3ccc4c(c3)CNC4=O)C(=O)[C@@H]1[C@@]1(C)C[C@@H](c3ccoc3)OC(=O)[C@@H]1CC2. The lowest BCUT2D eigenvalue weighted by molar-refractivity contribution is -0.193. The summed E-state index contributed by atoms with van der Waals surface area (Å²) in [5, 5.41) is 2.72. The number of nitrogens with one attached hydrogen (secondary N) is 1. The molecule has 0 radical (unpaired) electrons. The van der Waals surface area contributed by atoms with Crippen LogP contribution in [0.1, 0.15) is 77.5 Å². The lowest BCUT2D eigenvalue weighted by Crippen LogP contribution is -2.58. The average molecular weight is 490 g/mol. The predicted molar refractivity (Wildman–Crippen MR) is 125 cm³/mol. The summed E-state index contributed by atoms with van der Waals surface area (Å²) >= 11 is 0. The molecule has 1 N–H and O–H groups in total. The number of carbonyl (C=O) groups is 4. The first-order valence-electron chi connectivity index (χ1n) is 12.3. The fourth-order valence-corrected chi connectivity index (χ4v) is 6.91. The van der Waals surface area contributed by atoms with Crippen molar-refractivity contribution in [2.24, 2.45) is 22.7 Å². The zero-order chi connectivity index (χ0) is 25.2. The highest BCUT2D eigenvalue weighted by molar-refractivity contribution is 6.03. The van der Waals surface area contributed by atoms with Crippen LogP contribution < -0.4 is 5.32 Å². The first kappa shape index (κ1) is 22.8. The van der Waals surface area contributed by atoms with E-state index in [9.17, 15) is 19.2 Å². The van der Waals surface area contributed by atoms with Crippen LogP contribution in [0.3, 0.4) is 0 Å². The number of benzene rings is 1. The third-order valence-electron chi connectivity index (χ3n) is 8.73. The van der Waals surface area contributed by atoms with Gasteiger partial charge in [0.15, 0.2) is 5.76 Å². The monoisotopic (exact) mass is 489 g/mol. The van der Waals surface area contributed by atoms with Gasteiger partial charge in [-0.05, 0) is 72.4 Å². The lowest BCUT2D eigenvalue weighted by atomic mass is 9.46. The van der Waals surface area contributed by atoms with Gasteiger partial charge in [-0.1, -0.05) is 13.8 Å². The molecule has 0 unspecified atom stereocenters. The van der Waals surface area contributed by atoms with Crippen LogP contribution in [0.4, 0.5) is 0 Å². The number of esters is 2. The van der Waals surface area contributed by atoms with E-state index in [0.29, 0.717) is 37.8 Å². The van der Waals surface area contributed by atoms with Gasteiger partial charge in [0.25, 0.3) is 5.91 Å². The average Bonchev–Trinajstić information content (AvgIpc) is 3.50. The Kier molecular flexibility index (Phi) is 5.00. The van der Waals surface area contributed by atoms with Gasteiger partial charge in [-0.2, -0.15) is 0 Å². The van der Waals surface area contributed by atoms with Crippen molar-refractivity contribution in [2.45, 2.75) is 52.2 Å². The predicted octanol–water partition coefficient (Wildman–Crippen LogP) is 4.26. The normalized spacial score (nSPS) is 33.0. The molecule has 36 heavy (non-hydrogen) atoms. The number of carbonyl (C=O) groups excluding carboxylic acids is 4. The second-order valence-corrected chi connectivity index (χ2v) is 11.0. The maximum atomic E-state index is 14.0. The largest absolute Gasteiger partial charge is 0.472 e. The zero-order valence-electron chi connectivity index (χ0n) is 20.2. The van der Waals surface area contributed by atoms with Gasteiger partial charge < -0.3 is 19.2 Å². The summed E-state index contributed by atoms with van der Waals surface area (Å²) in [6.07, 6.45) is 6.75. The maximum Gasteiger partial charge on any atom is 0.343 e. The number of ether oxygens (including phenoxy) is 2. The van der Waals surface area contributed by atoms with E-state index in [0.717, 1.165) is 11.1 Å². The van der Waals surface area contributed by atoms with Crippen molar-refractivity contribution in [3.05, 3.63) is 70.9 Å². The smallest absolute Gasteiger partial charge is 0.343 e. The van der Waals surface area contributed by atoms with Gasteiger partial charge >= 0.3 is 11.9 Å². The quantitative estimate of drug-likeness (QED) is 0.641. The Morgan fingerprint density at radius 1 is 1.17 bits per heavy atom. The van der Waals surface area contributed by atoms with E-state index in [4.69, 9.17) is 13.9 Å². The van der Waals surface area contributed by atoms with Gasteiger partial charge in [-0.15, -0.1) is 0 Å². The van der Waals surface area contributed by atoms with Gasteiger partial charge in [0.05, 0.1) is 24.0 Å². The van der Waals surface area contributed by atoms with Crippen LogP contribution >= 0.6 is 0 Å². The van der Waals surface area contributed by atoms with Crippen molar-refractivity contribution in [1.29, 1.82) is 0 Å². The zero-order valence-corrected chi connectivity index (χ0v) is 20.2. The lowest BCUT2D eigenvalue weighted by Gasteiger charge is -2.58. The number of rotatable bonds is 3. The van der Waals surface area contributed by atoms with Crippen LogP contribution in [-0.4, -0.2) is 23.6 Å². The molecule has 5 atom stereocenters. The summed E-state index contributed by atoms with van der Waals surface area (Å²) in [4.78, 5) is 51.9. The molecule has 6 rings (SSSR count). The molecule has 2 fully saturated rings. The first-order valence-corrected chi connectivity index (χ1v) is 12.3. The van der Waals surface area contributed by atoms with Crippen molar-refractivity contribution >= 4 is 23.6 Å². The van der Waals surface area contributed by atoms with Crippen molar-refractivity contribution in [1.82, 2.24) is 5.32 Å². The Balaban J connectivity index is 1.29. The number of Topliss-reactive ketones (excluding diaryl/α,β-unsaturated/α-hetero) is 1. The topological polar surface area (TPSA) is 112 Å². The summed E-state index contributed by atoms with van der Waals surface area (Å²) in [6.45, 7) is 4.44. The molecule has 1 saturated carbocycles. The Labute approximate surface area is 208 Å². The highest BCUT2D eigenvalue weighted by Crippen LogP contribution is 2.63. The summed E-state index contributed by atoms with van der Waals surface area (Å²) < 4.78 is 16.6. The minimum absolute atomic E-state index is 0.0258. The number of hydrogen-bond acceptors (Lipinski definition) is 7. The van der Waals surface area contributed by atoms with Crippen molar-refractivity contribution in [2.75, 3.05) is 0 Å². The third-order valence-corrected chi connectivity index (χ3v) is 8.73. The molecular formula is C28H27NO7. The van der Waals surface area contributed by atoms with Crippen LogP contribution in [0, 0.1) is 22.7 Å². The van der Waals surface area contributed by atoms with E-state index in [2.05, 4.69) is 12.2 Å². The van der Waals surface area contributed by atoms with Crippen LogP contribution in [-0.2, 0) is 25.6 Å². The molecule has 3 heterocycles. The van der Waals surface area contributed by atoms with E-state index in [1.807, 2.05) is 6.92 Å². The minimum Gasteiger partial charge on any atom is -0.472 e. The standard InChI is InChI=1S/C28H27NO7/c1-27-8-5-19-26(33)36-21(16-7-10-34-14-16)12-28(19,2)23(27)22(30)20(6-9-27)35-25(32)15-3-4-18-17(11-15)13-29-24(18)31/h3-4,6-7,10-11,14,19,21,23H,5,8-9,12-13H2,1-2H3,(H,29,31)/t19-,21-,23-,27-,28-/m0/s1. The Morgan fingerprint density at radius 2 is 2.00 bits per heavy atom. The molecule has 0 spiro atoms. The van der Waals surface area contributed by atoms with Crippen LogP contribution in [0.15, 0.2) is 53.0 Å². The van der Waals surface area contributed by atoms with Gasteiger partial charge in [-0.3, -0.25) is 14.4 Å². The molecule has 4 aliphatic rings. The highest BCUT2D eigenvalue weighted by atomic mass is 16.5. The maximum absolute atomic E-state index is 14.0. The van der Waals surface area contributed by atoms with Gasteiger partial charge in [0, 0.05) is 23.6 Å². The fraction of sp³-hybridized carbons (Fsp3) is 0.429. The van der Waals surface area contributed by atoms with Crippen molar-refractivity contribution in [3.8, 4) is 0 Å². The molecular weight excluding hydrogens is 462 g/mol. The summed E-state index contributed by atoms with van der Waals surface area (Å²) in [5.74, 6) is -2.23. The summed E-state index contributed by atoms with van der Waals surface area (Å²) in [7, 11) is 0. The number of allylic oxidation sites excluding steroid dienone is 2. The molecule has 2 aliphatic carbocycles. The minimum atomic E-state index is -0.660. The van der Waals surface area contributed by atoms with Crippen molar-refractivity contribution in [3.63, 3.8) is 0 Å². The van der Waals surface area contributed by atoms with Gasteiger partial charge in [0.1, 0.15) is 6.10 Å². The van der Waals surface area contributed by atoms with E-state index in [1.54, 1.807) is 36.8 Å². The van der Waals surface area contributed by atoms with E-state index in [1.165, 1.54) is 6.07 Å². The van der Waals surface area contributed by atoms with Gasteiger partial charge in [0.2, 0.25) is 5.78 Å². The molecule has 1 amide bonds. The summed E-state index contributed by atoms with van der Waals surface area (Å²) in [5.41, 5.74) is 1.29. The Hall–Kier alpha value is -3.68. The van der Waals surface area contributed by atoms with Crippen molar-refractivity contribution < 1.29 is 33.1 Å². The fourth-order valence-electron chi connectivity index (χ4n) is 6.91. The van der Waals surface area contributed by atoms with Gasteiger partial charge in [-0.25, -0.2) is 4.79 Å². The molecule has 0 bridgehead atoms. The molecule has 1 aromatic heterocycles. The number of cyclic esters (lactones) is 1.